The number of aryl methyl sites for hydroxylation is 1. The second-order valence-electron chi connectivity index (χ2n) is 7.68. The lowest BCUT2D eigenvalue weighted by atomic mass is 9.78. The molecule has 2 N–H and O–H groups in total. The number of likely N-dealkylation sites (tertiary alicyclic amines) is 1. The van der Waals surface area contributed by atoms with Gasteiger partial charge in [-0.2, -0.15) is 0 Å². The molecule has 4 heteroatoms. The lowest BCUT2D eigenvalue weighted by Gasteiger charge is -2.32. The number of halogens is 1. The molecule has 0 aliphatic carbocycles. The molecule has 1 heterocycles. The van der Waals surface area contributed by atoms with Crippen LogP contribution in [0.1, 0.15) is 48.9 Å². The number of nitrogens with zero attached hydrogens (tertiary/aromatic N) is 1. The van der Waals surface area contributed by atoms with Crippen molar-refractivity contribution in [2.45, 2.75) is 39.2 Å². The van der Waals surface area contributed by atoms with E-state index >= 15 is 0 Å². The van der Waals surface area contributed by atoms with Crippen molar-refractivity contribution < 1.29 is 9.18 Å². The van der Waals surface area contributed by atoms with E-state index in [1.165, 1.54) is 23.3 Å². The molecule has 27 heavy (non-hydrogen) atoms. The molecule has 0 spiro atoms. The maximum atomic E-state index is 13.5. The molecule has 0 bridgehead atoms. The molecule has 0 radical (unpaired) electrons. The van der Waals surface area contributed by atoms with Gasteiger partial charge in [0.2, 0.25) is 0 Å². The minimum Gasteiger partial charge on any atom is -0.330 e. The van der Waals surface area contributed by atoms with E-state index in [4.69, 9.17) is 5.73 Å². The van der Waals surface area contributed by atoms with Crippen LogP contribution < -0.4 is 5.73 Å². The van der Waals surface area contributed by atoms with Crippen molar-refractivity contribution in [3.8, 4) is 0 Å². The fourth-order valence-corrected chi connectivity index (χ4v) is 4.24. The highest BCUT2D eigenvalue weighted by molar-refractivity contribution is 5.85. The van der Waals surface area contributed by atoms with Gasteiger partial charge in [0.1, 0.15) is 11.6 Å². The van der Waals surface area contributed by atoms with Gasteiger partial charge in [-0.15, -0.1) is 0 Å². The smallest absolute Gasteiger partial charge is 0.141 e. The number of hydrogen-bond acceptors (Lipinski definition) is 3. The van der Waals surface area contributed by atoms with E-state index in [1.807, 2.05) is 12.1 Å². The van der Waals surface area contributed by atoms with Crippen molar-refractivity contribution in [1.82, 2.24) is 4.90 Å². The Morgan fingerprint density at radius 2 is 1.74 bits per heavy atom. The molecule has 2 aromatic carbocycles. The highest BCUT2D eigenvalue weighted by atomic mass is 19.1. The molecule has 0 saturated carbocycles. The van der Waals surface area contributed by atoms with Crippen molar-refractivity contribution in [2.24, 2.45) is 11.1 Å². The lowest BCUT2D eigenvalue weighted by molar-refractivity contribution is -0.128. The third-order valence-corrected chi connectivity index (χ3v) is 5.97. The van der Waals surface area contributed by atoms with Crippen molar-refractivity contribution in [2.75, 3.05) is 19.6 Å². The predicted molar refractivity (Wildman–Crippen MR) is 107 cm³/mol. The molecule has 144 valence electrons. The number of hydrogen-bond donors (Lipinski definition) is 1. The maximum Gasteiger partial charge on any atom is 0.141 e. The van der Waals surface area contributed by atoms with Gasteiger partial charge in [0, 0.05) is 24.9 Å². The predicted octanol–water partition coefficient (Wildman–Crippen LogP) is 4.24. The third kappa shape index (κ3) is 4.12. The number of carbonyl (C=O) groups excluding carboxylic acids is 1. The van der Waals surface area contributed by atoms with Gasteiger partial charge in [-0.25, -0.2) is 4.39 Å². The summed E-state index contributed by atoms with van der Waals surface area (Å²) in [6.45, 7) is 6.13. The summed E-state index contributed by atoms with van der Waals surface area (Å²) in [5.74, 6) is 0.0422. The van der Waals surface area contributed by atoms with E-state index in [1.54, 1.807) is 0 Å². The summed E-state index contributed by atoms with van der Waals surface area (Å²) < 4.78 is 13.5. The molecule has 3 nitrogen and oxygen atoms in total. The normalized spacial score (nSPS) is 21.3. The first-order valence-corrected chi connectivity index (χ1v) is 9.78. The van der Waals surface area contributed by atoms with Crippen molar-refractivity contribution in [3.63, 3.8) is 0 Å². The lowest BCUT2D eigenvalue weighted by Crippen LogP contribution is -2.36. The molecular formula is C23H29FN2O. The minimum absolute atomic E-state index is 0.0188. The van der Waals surface area contributed by atoms with E-state index in [9.17, 15) is 9.18 Å². The Morgan fingerprint density at radius 1 is 1.15 bits per heavy atom. The number of ketones is 1. The molecule has 1 saturated heterocycles. The summed E-state index contributed by atoms with van der Waals surface area (Å²) in [4.78, 5) is 15.1. The molecule has 0 amide bonds. The van der Waals surface area contributed by atoms with E-state index in [0.717, 1.165) is 31.5 Å². The Hall–Kier alpha value is -2.04. The average molecular weight is 368 g/mol. The van der Waals surface area contributed by atoms with Gasteiger partial charge in [-0.1, -0.05) is 48.9 Å². The van der Waals surface area contributed by atoms with Crippen LogP contribution in [0, 0.1) is 18.2 Å². The van der Waals surface area contributed by atoms with Crippen LogP contribution in [0.4, 0.5) is 4.39 Å². The number of rotatable bonds is 7. The van der Waals surface area contributed by atoms with Crippen LogP contribution in [0.15, 0.2) is 48.5 Å². The summed E-state index contributed by atoms with van der Waals surface area (Å²) in [5.41, 5.74) is 8.76. The fourth-order valence-electron chi connectivity index (χ4n) is 4.24. The van der Waals surface area contributed by atoms with E-state index in [0.29, 0.717) is 13.0 Å². The van der Waals surface area contributed by atoms with Gasteiger partial charge in [0.05, 0.1) is 6.04 Å². The highest BCUT2D eigenvalue weighted by Gasteiger charge is 2.44. The number of Topliss-reactive ketones (excluding diaryl/α,β-unsaturated/α-hetero) is 1. The Bertz CT molecular complexity index is 726. The topological polar surface area (TPSA) is 46.3 Å². The first-order chi connectivity index (χ1) is 13.0. The van der Waals surface area contributed by atoms with Crippen molar-refractivity contribution in [1.29, 1.82) is 0 Å². The molecule has 1 aliphatic heterocycles. The van der Waals surface area contributed by atoms with Gasteiger partial charge >= 0.3 is 0 Å². The third-order valence-electron chi connectivity index (χ3n) is 5.97. The van der Waals surface area contributed by atoms with Crippen LogP contribution in [0.25, 0.3) is 0 Å². The molecule has 2 aromatic rings. The molecule has 1 unspecified atom stereocenters. The molecule has 0 aromatic heterocycles. The molecular weight excluding hydrogens is 339 g/mol. The summed E-state index contributed by atoms with van der Waals surface area (Å²) >= 11 is 0. The number of nitrogens with two attached hydrogens (primary N) is 1. The SMILES string of the molecule is CC[C@]1(C(=O)CCN)CCN(C(c2ccc(C)cc2)c2ccc(F)cc2)C1. The van der Waals surface area contributed by atoms with E-state index in [-0.39, 0.29) is 23.1 Å². The number of benzene rings is 2. The summed E-state index contributed by atoms with van der Waals surface area (Å²) in [5, 5.41) is 0. The maximum absolute atomic E-state index is 13.5. The first-order valence-electron chi connectivity index (χ1n) is 9.78. The molecule has 2 atom stereocenters. The van der Waals surface area contributed by atoms with Crippen LogP contribution in [-0.4, -0.2) is 30.3 Å². The Balaban J connectivity index is 1.95. The zero-order valence-corrected chi connectivity index (χ0v) is 16.2. The number of carbonyl (C=O) groups is 1. The average Bonchev–Trinajstić information content (AvgIpc) is 3.11. The zero-order chi connectivity index (χ0) is 19.4. The van der Waals surface area contributed by atoms with Crippen molar-refractivity contribution in [3.05, 3.63) is 71.0 Å². The van der Waals surface area contributed by atoms with Crippen LogP contribution in [-0.2, 0) is 4.79 Å². The zero-order valence-electron chi connectivity index (χ0n) is 16.2. The summed E-state index contributed by atoms with van der Waals surface area (Å²) in [6, 6.07) is 15.2. The van der Waals surface area contributed by atoms with Gasteiger partial charge in [-0.05, 0) is 49.6 Å². The van der Waals surface area contributed by atoms with Crippen LogP contribution in [0.3, 0.4) is 0 Å². The van der Waals surface area contributed by atoms with Crippen LogP contribution >= 0.6 is 0 Å². The summed E-state index contributed by atoms with van der Waals surface area (Å²) in [7, 11) is 0. The van der Waals surface area contributed by atoms with Crippen LogP contribution in [0.5, 0.6) is 0 Å². The first kappa shape index (κ1) is 19.7. The van der Waals surface area contributed by atoms with Crippen molar-refractivity contribution >= 4 is 5.78 Å². The molecule has 1 aliphatic rings. The van der Waals surface area contributed by atoms with E-state index < -0.39 is 0 Å². The fraction of sp³-hybridized carbons (Fsp3) is 0.435. The second kappa shape index (κ2) is 8.32. The Labute approximate surface area is 161 Å². The summed E-state index contributed by atoms with van der Waals surface area (Å²) in [6.07, 6.45) is 2.12. The Morgan fingerprint density at radius 3 is 2.30 bits per heavy atom. The quantitative estimate of drug-likeness (QED) is 0.795. The molecule has 1 fully saturated rings. The molecule has 3 rings (SSSR count). The monoisotopic (exact) mass is 368 g/mol. The standard InChI is InChI=1S/C23H29FN2O/c1-3-23(21(27)12-14-25)13-15-26(16-23)22(18-6-4-17(2)5-7-18)19-8-10-20(24)11-9-19/h4-11,22H,3,12-16,25H2,1-2H3/t22?,23-/m0/s1. The van der Waals surface area contributed by atoms with Gasteiger partial charge in [0.15, 0.2) is 0 Å². The van der Waals surface area contributed by atoms with Gasteiger partial charge < -0.3 is 5.73 Å². The largest absolute Gasteiger partial charge is 0.330 e. The Kier molecular flexibility index (Phi) is 6.08. The van der Waals surface area contributed by atoms with E-state index in [2.05, 4.69) is 43.0 Å². The minimum atomic E-state index is -0.317. The highest BCUT2D eigenvalue weighted by Crippen LogP contribution is 2.41. The second-order valence-corrected chi connectivity index (χ2v) is 7.68. The van der Waals surface area contributed by atoms with Gasteiger partial charge in [-0.3, -0.25) is 9.69 Å². The van der Waals surface area contributed by atoms with Gasteiger partial charge in [0.25, 0.3) is 0 Å². The van der Waals surface area contributed by atoms with Crippen LogP contribution in [0.2, 0.25) is 0 Å².